The number of rotatable bonds is 7. The summed E-state index contributed by atoms with van der Waals surface area (Å²) in [6, 6.07) is 5.88. The number of carbonyl (C=O) groups is 1. The number of hydrogen-bond donors (Lipinski definition) is 0. The molecule has 0 aromatic carbocycles. The Hall–Kier alpha value is -1.50. The maximum atomic E-state index is 12.3. The monoisotopic (exact) mass is 347 g/mol. The molecule has 1 amide bonds. The predicted molar refractivity (Wildman–Crippen MR) is 95.0 cm³/mol. The van der Waals surface area contributed by atoms with Gasteiger partial charge in [0.2, 0.25) is 5.91 Å². The Morgan fingerprint density at radius 1 is 1.36 bits per heavy atom. The van der Waals surface area contributed by atoms with Gasteiger partial charge in [0, 0.05) is 50.3 Å². The lowest BCUT2D eigenvalue weighted by Gasteiger charge is -2.30. The van der Waals surface area contributed by atoms with Crippen LogP contribution in [0.1, 0.15) is 19.0 Å². The van der Waals surface area contributed by atoms with Crippen molar-refractivity contribution in [1.29, 1.82) is 0 Å². The van der Waals surface area contributed by atoms with Crippen LogP contribution in [0.3, 0.4) is 0 Å². The Morgan fingerprint density at radius 2 is 2.24 bits per heavy atom. The van der Waals surface area contributed by atoms with E-state index in [9.17, 15) is 4.79 Å². The number of carbonyl (C=O) groups excluding carboxylic acids is 1. The second kappa shape index (κ2) is 8.25. The molecule has 138 valence electrons. The highest BCUT2D eigenvalue weighted by Gasteiger charge is 2.50. The van der Waals surface area contributed by atoms with Gasteiger partial charge < -0.3 is 19.3 Å². The molecule has 3 rings (SSSR count). The van der Waals surface area contributed by atoms with Gasteiger partial charge in [0.15, 0.2) is 0 Å². The first-order valence-electron chi connectivity index (χ1n) is 9.15. The molecular weight excluding hydrogens is 318 g/mol. The highest BCUT2D eigenvalue weighted by atomic mass is 16.5. The fourth-order valence-corrected chi connectivity index (χ4v) is 4.17. The topological polar surface area (TPSA) is 54.9 Å². The summed E-state index contributed by atoms with van der Waals surface area (Å²) in [4.78, 5) is 20.9. The van der Waals surface area contributed by atoms with Crippen molar-refractivity contribution >= 4 is 5.91 Å². The van der Waals surface area contributed by atoms with E-state index in [2.05, 4.69) is 16.9 Å². The van der Waals surface area contributed by atoms with Crippen molar-refractivity contribution in [2.45, 2.75) is 20.0 Å². The maximum absolute atomic E-state index is 12.3. The zero-order chi connectivity index (χ0) is 17.7. The van der Waals surface area contributed by atoms with Crippen molar-refractivity contribution in [2.24, 2.45) is 11.3 Å². The Morgan fingerprint density at radius 3 is 3.00 bits per heavy atom. The Kier molecular flexibility index (Phi) is 6.04. The molecule has 3 heterocycles. The standard InChI is InChI=1S/C19H29N3O3/c1-3-24-13-18(23)22-9-7-19(15-22)14-21(2)10-16(19)11-25-12-17-6-4-5-8-20-17/h4-6,8,16H,3,7,9-15H2,1-2H3/t16-,19-/m0/s1. The Balaban J connectivity index is 1.55. The first-order valence-corrected chi connectivity index (χ1v) is 9.15. The number of nitrogens with zero attached hydrogens (tertiary/aromatic N) is 3. The van der Waals surface area contributed by atoms with Gasteiger partial charge in [-0.15, -0.1) is 0 Å². The first kappa shape index (κ1) is 18.3. The molecule has 2 atom stereocenters. The minimum atomic E-state index is 0.112. The van der Waals surface area contributed by atoms with E-state index < -0.39 is 0 Å². The lowest BCUT2D eigenvalue weighted by Crippen LogP contribution is -2.39. The van der Waals surface area contributed by atoms with Crippen molar-refractivity contribution in [2.75, 3.05) is 53.0 Å². The summed E-state index contributed by atoms with van der Waals surface area (Å²) in [6.45, 7) is 7.66. The lowest BCUT2D eigenvalue weighted by molar-refractivity contribution is -0.135. The van der Waals surface area contributed by atoms with Gasteiger partial charge in [-0.2, -0.15) is 0 Å². The van der Waals surface area contributed by atoms with Gasteiger partial charge in [-0.05, 0) is 32.5 Å². The van der Waals surface area contributed by atoms with E-state index in [-0.39, 0.29) is 17.9 Å². The third kappa shape index (κ3) is 4.37. The van der Waals surface area contributed by atoms with Crippen LogP contribution in [-0.2, 0) is 20.9 Å². The summed E-state index contributed by atoms with van der Waals surface area (Å²) < 4.78 is 11.3. The molecule has 6 heteroatoms. The molecule has 2 saturated heterocycles. The summed E-state index contributed by atoms with van der Waals surface area (Å²) in [5, 5.41) is 0. The average molecular weight is 347 g/mol. The van der Waals surface area contributed by atoms with Crippen molar-refractivity contribution in [1.82, 2.24) is 14.8 Å². The second-order valence-electron chi connectivity index (χ2n) is 7.29. The number of ether oxygens (including phenoxy) is 2. The highest BCUT2D eigenvalue weighted by Crippen LogP contribution is 2.43. The normalized spacial score (nSPS) is 26.6. The van der Waals surface area contributed by atoms with Gasteiger partial charge in [-0.25, -0.2) is 0 Å². The zero-order valence-electron chi connectivity index (χ0n) is 15.3. The fourth-order valence-electron chi connectivity index (χ4n) is 4.17. The van der Waals surface area contributed by atoms with Gasteiger partial charge in [0.25, 0.3) is 0 Å². The zero-order valence-corrected chi connectivity index (χ0v) is 15.3. The number of pyridine rings is 1. The van der Waals surface area contributed by atoms with Crippen LogP contribution in [0.25, 0.3) is 0 Å². The summed E-state index contributed by atoms with van der Waals surface area (Å²) in [6.07, 6.45) is 2.84. The number of hydrogen-bond acceptors (Lipinski definition) is 5. The summed E-state index contributed by atoms with van der Waals surface area (Å²) in [5.74, 6) is 0.563. The number of amides is 1. The second-order valence-corrected chi connectivity index (χ2v) is 7.29. The van der Waals surface area contributed by atoms with E-state index in [1.165, 1.54) is 0 Å². The van der Waals surface area contributed by atoms with Crippen LogP contribution in [0.2, 0.25) is 0 Å². The van der Waals surface area contributed by atoms with Gasteiger partial charge in [0.1, 0.15) is 6.61 Å². The molecule has 0 N–H and O–H groups in total. The molecule has 0 aliphatic carbocycles. The maximum Gasteiger partial charge on any atom is 0.248 e. The molecule has 0 radical (unpaired) electrons. The third-order valence-corrected chi connectivity index (χ3v) is 5.45. The van der Waals surface area contributed by atoms with E-state index in [0.717, 1.165) is 38.3 Å². The van der Waals surface area contributed by atoms with E-state index in [1.54, 1.807) is 6.20 Å². The van der Waals surface area contributed by atoms with Crippen LogP contribution in [0.5, 0.6) is 0 Å². The fraction of sp³-hybridized carbons (Fsp3) is 0.684. The Bertz CT molecular complexity index is 568. The van der Waals surface area contributed by atoms with Crippen LogP contribution in [-0.4, -0.2) is 73.7 Å². The Labute approximate surface area is 150 Å². The van der Waals surface area contributed by atoms with Crippen molar-refractivity contribution in [3.8, 4) is 0 Å². The van der Waals surface area contributed by atoms with Gasteiger partial charge in [-0.3, -0.25) is 9.78 Å². The summed E-state index contributed by atoms with van der Waals surface area (Å²) in [5.41, 5.74) is 1.11. The molecular formula is C19H29N3O3. The molecule has 25 heavy (non-hydrogen) atoms. The summed E-state index contributed by atoms with van der Waals surface area (Å²) in [7, 11) is 2.16. The molecule has 1 aromatic heterocycles. The lowest BCUT2D eigenvalue weighted by atomic mass is 9.77. The summed E-state index contributed by atoms with van der Waals surface area (Å²) >= 11 is 0. The minimum absolute atomic E-state index is 0.112. The van der Waals surface area contributed by atoms with Crippen molar-refractivity contribution in [3.05, 3.63) is 30.1 Å². The van der Waals surface area contributed by atoms with E-state index in [4.69, 9.17) is 9.47 Å². The van der Waals surface area contributed by atoms with Gasteiger partial charge >= 0.3 is 0 Å². The molecule has 2 fully saturated rings. The van der Waals surface area contributed by atoms with Gasteiger partial charge in [-0.1, -0.05) is 6.07 Å². The van der Waals surface area contributed by atoms with E-state index >= 15 is 0 Å². The van der Waals surface area contributed by atoms with Gasteiger partial charge in [0.05, 0.1) is 18.9 Å². The van der Waals surface area contributed by atoms with Crippen LogP contribution in [0, 0.1) is 11.3 Å². The number of likely N-dealkylation sites (tertiary alicyclic amines) is 2. The highest BCUT2D eigenvalue weighted by molar-refractivity contribution is 5.77. The molecule has 1 aromatic rings. The van der Waals surface area contributed by atoms with Crippen molar-refractivity contribution < 1.29 is 14.3 Å². The smallest absolute Gasteiger partial charge is 0.248 e. The first-order chi connectivity index (χ1) is 12.1. The van der Waals surface area contributed by atoms with Crippen LogP contribution < -0.4 is 0 Å². The number of aromatic nitrogens is 1. The molecule has 0 bridgehead atoms. The SMILES string of the molecule is CCOCC(=O)N1CC[C@]2(CN(C)C[C@H]2COCc2ccccn2)C1. The van der Waals surface area contributed by atoms with Crippen LogP contribution >= 0.6 is 0 Å². The van der Waals surface area contributed by atoms with Crippen molar-refractivity contribution in [3.63, 3.8) is 0 Å². The molecule has 0 saturated carbocycles. The van der Waals surface area contributed by atoms with E-state index in [1.807, 2.05) is 30.0 Å². The predicted octanol–water partition coefficient (Wildman–Crippen LogP) is 1.42. The van der Waals surface area contributed by atoms with Crippen LogP contribution in [0.15, 0.2) is 24.4 Å². The molecule has 0 unspecified atom stereocenters. The molecule has 2 aliphatic heterocycles. The third-order valence-electron chi connectivity index (χ3n) is 5.45. The van der Waals surface area contributed by atoms with E-state index in [0.29, 0.717) is 25.7 Å². The molecule has 6 nitrogen and oxygen atoms in total. The average Bonchev–Trinajstić information content (AvgIpc) is 3.17. The molecule has 2 aliphatic rings. The minimum Gasteiger partial charge on any atom is -0.375 e. The quantitative estimate of drug-likeness (QED) is 0.747. The van der Waals surface area contributed by atoms with Crippen LogP contribution in [0.4, 0.5) is 0 Å². The molecule has 1 spiro atoms. The largest absolute Gasteiger partial charge is 0.375 e.